The number of rotatable bonds is 25. The third kappa shape index (κ3) is 20.1. The fourth-order valence-corrected chi connectivity index (χ4v) is 8.89. The molecule has 0 amide bonds. The molecule has 0 atom stereocenters. The summed E-state index contributed by atoms with van der Waals surface area (Å²) in [5.41, 5.74) is -0.707. The Bertz CT molecular complexity index is 2910. The number of anilines is 1. The van der Waals surface area contributed by atoms with Crippen LogP contribution in [0.1, 0.15) is 71.4 Å². The van der Waals surface area contributed by atoms with Gasteiger partial charge < -0.3 is 14.4 Å². The van der Waals surface area contributed by atoms with Crippen LogP contribution in [0.4, 0.5) is 11.4 Å². The van der Waals surface area contributed by atoms with E-state index in [4.69, 9.17) is 18.6 Å². The monoisotopic (exact) mass is 1040 g/mol. The van der Waals surface area contributed by atoms with Gasteiger partial charge in [-0.15, -0.1) is 0 Å². The van der Waals surface area contributed by atoms with Crippen molar-refractivity contribution in [2.75, 3.05) is 54.2 Å². The van der Waals surface area contributed by atoms with Crippen LogP contribution in [-0.4, -0.2) is 149 Å². The summed E-state index contributed by atoms with van der Waals surface area (Å²) in [5, 5.41) is 0. The summed E-state index contributed by atoms with van der Waals surface area (Å²) in [6, 6.07) is 3.45. The normalized spacial score (nSPS) is 13.7. The minimum absolute atomic E-state index is 0.00970. The average molecular weight is 1040 g/mol. The molecule has 2 aromatic carbocycles. The van der Waals surface area contributed by atoms with Gasteiger partial charge in [0.2, 0.25) is 5.69 Å². The molecule has 0 fully saturated rings. The Morgan fingerprint density at radius 3 is 1.46 bits per heavy atom. The molecule has 0 aromatic heterocycles. The van der Waals surface area contributed by atoms with E-state index in [-0.39, 0.29) is 72.7 Å². The maximum Gasteiger partial charge on any atom is 0.338 e. The summed E-state index contributed by atoms with van der Waals surface area (Å²) in [5.74, 6) is -5.48. The second kappa shape index (κ2) is 23.0. The smallest absolute Gasteiger partial charge is 0.338 e. The maximum atomic E-state index is 13.1. The lowest BCUT2D eigenvalue weighted by Gasteiger charge is -2.28. The molecule has 0 saturated heterocycles. The van der Waals surface area contributed by atoms with Gasteiger partial charge in [0.1, 0.15) is 11.4 Å². The molecule has 0 aliphatic heterocycles. The number of hydrogen-bond acceptors (Lipinski definition) is 17. The first-order valence-electron chi connectivity index (χ1n) is 18.6. The van der Waals surface area contributed by atoms with Gasteiger partial charge in [0.05, 0.1) is 52.2 Å². The van der Waals surface area contributed by atoms with E-state index >= 15 is 0 Å². The Kier molecular flexibility index (Phi) is 20.1. The molecule has 0 spiro atoms. The standard InChI is InChI=1S/C35H48N2O22S6/c1-24(36(12-6-16-60(40,41)42)32-22-28(64(52,53)54)20-30(26(32)3)34(38)58-14-8-18-62(46,47)48)10-5-11-25(2)37(13-7-17-61(43,44)45)33-23-29(65(55,56)57)21-31(27(33)4)35(39)59-15-9-19-63(49,50)51/h5,10-11,20-23H,6-9,12-19H2,1-4H3,(H5-,40,41,42,43,44,45,46,47,48,49,50,51,52,53,54,55,56,57)/p+1. The van der Waals surface area contributed by atoms with Crippen molar-refractivity contribution < 1.29 is 101 Å². The Hall–Kier alpha value is -4.21. The van der Waals surface area contributed by atoms with Gasteiger partial charge in [-0.05, 0) is 69.9 Å². The third-order valence-electron chi connectivity index (χ3n) is 8.98. The molecule has 24 nitrogen and oxygen atoms in total. The summed E-state index contributed by atoms with van der Waals surface area (Å²) in [4.78, 5) is 26.0. The summed E-state index contributed by atoms with van der Waals surface area (Å²) in [6.07, 6.45) is 2.79. The second-order valence-electron chi connectivity index (χ2n) is 14.1. The average Bonchev–Trinajstić information content (AvgIpc) is 3.13. The van der Waals surface area contributed by atoms with E-state index in [1.165, 1.54) is 55.4 Å². The van der Waals surface area contributed by atoms with E-state index in [1.54, 1.807) is 0 Å². The second-order valence-corrected chi connectivity index (χ2v) is 23.3. The van der Waals surface area contributed by atoms with Crippen LogP contribution in [0.15, 0.2) is 58.0 Å². The quantitative estimate of drug-likeness (QED) is 0.0207. The zero-order chi connectivity index (χ0) is 49.9. The number of allylic oxidation sites excluding steroid dienone is 4. The van der Waals surface area contributed by atoms with Crippen molar-refractivity contribution in [3.8, 4) is 0 Å². The van der Waals surface area contributed by atoms with Gasteiger partial charge >= 0.3 is 11.9 Å². The number of carbonyl (C=O) groups is 2. The van der Waals surface area contributed by atoms with Crippen LogP contribution in [0.25, 0.3) is 0 Å². The first kappa shape index (κ1) is 56.9. The molecule has 0 aliphatic carbocycles. The van der Waals surface area contributed by atoms with Crippen molar-refractivity contribution in [3.05, 3.63) is 70.4 Å². The molecule has 2 aromatic rings. The maximum absolute atomic E-state index is 13.1. The largest absolute Gasteiger partial charge is 0.462 e. The van der Waals surface area contributed by atoms with E-state index in [1.807, 2.05) is 0 Å². The fraction of sp³-hybridized carbons (Fsp3) is 0.457. The Balaban J connectivity index is 2.85. The van der Waals surface area contributed by atoms with Gasteiger partial charge in [0.15, 0.2) is 5.71 Å². The lowest BCUT2D eigenvalue weighted by atomic mass is 10.0. The van der Waals surface area contributed by atoms with E-state index in [0.717, 1.165) is 24.3 Å². The Labute approximate surface area is 377 Å². The number of nitrogens with zero attached hydrogens (tertiary/aromatic N) is 2. The van der Waals surface area contributed by atoms with Crippen LogP contribution in [-0.2, 0) is 70.2 Å². The first-order chi connectivity index (χ1) is 29.5. The number of hydrogen-bond donors (Lipinski definition) is 6. The Morgan fingerprint density at radius 1 is 0.600 bits per heavy atom. The van der Waals surface area contributed by atoms with E-state index in [9.17, 15) is 78.3 Å². The fourth-order valence-electron chi connectivity index (χ4n) is 5.89. The summed E-state index contributed by atoms with van der Waals surface area (Å²) in [7, 11) is -28.0. The third-order valence-corrected chi connectivity index (χ3v) is 13.9. The van der Waals surface area contributed by atoms with Crippen LogP contribution in [0.2, 0.25) is 0 Å². The van der Waals surface area contributed by atoms with E-state index in [2.05, 4.69) is 0 Å². The van der Waals surface area contributed by atoms with Crippen LogP contribution in [0.5, 0.6) is 0 Å². The molecule has 366 valence electrons. The van der Waals surface area contributed by atoms with Crippen LogP contribution < -0.4 is 4.90 Å². The number of esters is 2. The molecule has 6 N–H and O–H groups in total. The van der Waals surface area contributed by atoms with E-state index < -0.39 is 130 Å². The SMILES string of the molecule is CC(/C=C/C=C(\C)N(CCCS(=O)(=O)O)c1cc(S(=O)(=O)O)cc(C(=O)OCCCS(=O)(=O)O)c1C)=[N+](CCCS(=O)(=O)O)c1cc(S(=O)(=O)O)cc(C(=O)OCCCS(=O)(=O)O)c1C. The molecular weight excluding hydrogens is 993 g/mol. The highest BCUT2D eigenvalue weighted by Crippen LogP contribution is 2.32. The molecule has 0 unspecified atom stereocenters. The molecular formula is C35H49N2O22S6+. The first-order valence-corrected chi connectivity index (χ1v) is 27.9. The van der Waals surface area contributed by atoms with Crippen molar-refractivity contribution in [2.45, 2.75) is 63.2 Å². The minimum Gasteiger partial charge on any atom is -0.462 e. The highest BCUT2D eigenvalue weighted by Gasteiger charge is 2.28. The van der Waals surface area contributed by atoms with Crippen molar-refractivity contribution in [2.24, 2.45) is 0 Å². The van der Waals surface area contributed by atoms with Crippen LogP contribution >= 0.6 is 0 Å². The topological polar surface area (TPSA) is 385 Å². The lowest BCUT2D eigenvalue weighted by Crippen LogP contribution is -2.26. The summed E-state index contributed by atoms with van der Waals surface area (Å²) >= 11 is 0. The van der Waals surface area contributed by atoms with Crippen molar-refractivity contribution in [1.82, 2.24) is 0 Å². The molecule has 0 heterocycles. The van der Waals surface area contributed by atoms with Crippen molar-refractivity contribution in [1.29, 1.82) is 0 Å². The van der Waals surface area contributed by atoms with Gasteiger partial charge in [-0.1, -0.05) is 6.08 Å². The van der Waals surface area contributed by atoms with Gasteiger partial charge in [0.25, 0.3) is 60.7 Å². The summed E-state index contributed by atoms with van der Waals surface area (Å²) in [6.45, 7) is 3.88. The number of ether oxygens (including phenoxy) is 2. The number of benzene rings is 2. The van der Waals surface area contributed by atoms with Crippen molar-refractivity contribution >= 4 is 89.7 Å². The molecule has 30 heteroatoms. The Morgan fingerprint density at radius 2 is 1.02 bits per heavy atom. The summed E-state index contributed by atoms with van der Waals surface area (Å²) < 4.78 is 209. The predicted molar refractivity (Wildman–Crippen MR) is 232 cm³/mol. The molecule has 0 saturated carbocycles. The van der Waals surface area contributed by atoms with Crippen molar-refractivity contribution in [3.63, 3.8) is 0 Å². The highest BCUT2D eigenvalue weighted by molar-refractivity contribution is 7.87. The van der Waals surface area contributed by atoms with E-state index in [0.29, 0.717) is 0 Å². The molecule has 65 heavy (non-hydrogen) atoms. The minimum atomic E-state index is -5.05. The van der Waals surface area contributed by atoms with Crippen LogP contribution in [0, 0.1) is 13.8 Å². The zero-order valence-corrected chi connectivity index (χ0v) is 40.0. The lowest BCUT2D eigenvalue weighted by molar-refractivity contribution is -0.440. The molecule has 0 aliphatic rings. The van der Waals surface area contributed by atoms with Crippen LogP contribution in [0.3, 0.4) is 0 Å². The van der Waals surface area contributed by atoms with Gasteiger partial charge in [-0.2, -0.15) is 55.1 Å². The number of carbonyl (C=O) groups excluding carboxylic acids is 2. The van der Waals surface area contributed by atoms with Gasteiger partial charge in [0, 0.05) is 49.0 Å². The van der Waals surface area contributed by atoms with Gasteiger partial charge in [-0.25, -0.2) is 9.59 Å². The zero-order valence-electron chi connectivity index (χ0n) is 35.1. The molecule has 2 rings (SSSR count). The van der Waals surface area contributed by atoms with Gasteiger partial charge in [-0.3, -0.25) is 27.3 Å². The molecule has 0 bridgehead atoms. The highest BCUT2D eigenvalue weighted by atomic mass is 32.2. The molecule has 0 radical (unpaired) electrons. The predicted octanol–water partition coefficient (Wildman–Crippen LogP) is 2.29.